The average molecular weight is 474 g/mol. The van der Waals surface area contributed by atoms with Crippen LogP contribution in [-0.4, -0.2) is 63.1 Å². The molecule has 1 saturated heterocycles. The van der Waals surface area contributed by atoms with Gasteiger partial charge in [-0.2, -0.15) is 0 Å². The maximum absolute atomic E-state index is 5.30. The lowest BCUT2D eigenvalue weighted by Crippen LogP contribution is -2.43. The quantitative estimate of drug-likeness (QED) is 0.354. The molecule has 0 aliphatic carbocycles. The van der Waals surface area contributed by atoms with Crippen LogP contribution in [0.5, 0.6) is 5.75 Å². The Morgan fingerprint density at radius 2 is 1.92 bits per heavy atom. The first-order valence-corrected chi connectivity index (χ1v) is 9.49. The number of unbranched alkanes of at least 4 members (excludes halogenated alkanes) is 1. The Morgan fingerprint density at radius 1 is 1.27 bits per heavy atom. The van der Waals surface area contributed by atoms with E-state index >= 15 is 0 Å². The van der Waals surface area contributed by atoms with E-state index in [-0.39, 0.29) is 24.0 Å². The summed E-state index contributed by atoms with van der Waals surface area (Å²) in [6, 6.07) is 8.85. The van der Waals surface area contributed by atoms with Crippen molar-refractivity contribution in [2.24, 2.45) is 4.99 Å². The van der Waals surface area contributed by atoms with Gasteiger partial charge in [-0.05, 0) is 50.0 Å². The summed E-state index contributed by atoms with van der Waals surface area (Å²) in [5.41, 5.74) is 1.34. The second kappa shape index (κ2) is 12.4. The number of rotatable bonds is 8. The summed E-state index contributed by atoms with van der Waals surface area (Å²) in [6.45, 7) is 6.46. The van der Waals surface area contributed by atoms with Crippen molar-refractivity contribution in [3.05, 3.63) is 29.8 Å². The summed E-state index contributed by atoms with van der Waals surface area (Å²) in [7, 11) is 5.69. The van der Waals surface area contributed by atoms with Crippen LogP contribution in [0.3, 0.4) is 0 Å². The van der Waals surface area contributed by atoms with Crippen LogP contribution in [0.1, 0.15) is 44.2 Å². The average Bonchev–Trinajstić information content (AvgIpc) is 3.18. The molecular formula is C20H35IN4O. The van der Waals surface area contributed by atoms with Crippen LogP contribution in [0.15, 0.2) is 29.3 Å². The first kappa shape index (κ1) is 23.0. The Bertz CT molecular complexity index is 529. The summed E-state index contributed by atoms with van der Waals surface area (Å²) in [4.78, 5) is 9.25. The van der Waals surface area contributed by atoms with Crippen molar-refractivity contribution in [3.63, 3.8) is 0 Å². The van der Waals surface area contributed by atoms with Gasteiger partial charge in [0.2, 0.25) is 0 Å². The van der Waals surface area contributed by atoms with Crippen LogP contribution in [0, 0.1) is 0 Å². The minimum atomic E-state index is 0. The first-order chi connectivity index (χ1) is 12.2. The van der Waals surface area contributed by atoms with Gasteiger partial charge in [-0.15, -0.1) is 24.0 Å². The fourth-order valence-corrected chi connectivity index (χ4v) is 3.41. The molecule has 26 heavy (non-hydrogen) atoms. The van der Waals surface area contributed by atoms with Gasteiger partial charge in [0.05, 0.1) is 13.2 Å². The van der Waals surface area contributed by atoms with E-state index in [0.717, 1.165) is 24.8 Å². The predicted octanol–water partition coefficient (Wildman–Crippen LogP) is 3.76. The van der Waals surface area contributed by atoms with Gasteiger partial charge < -0.3 is 15.0 Å². The largest absolute Gasteiger partial charge is 0.497 e. The molecular weight excluding hydrogens is 439 g/mol. The number of halogens is 1. The zero-order chi connectivity index (χ0) is 18.1. The highest BCUT2D eigenvalue weighted by molar-refractivity contribution is 14.0. The number of ether oxygens (including phenoxy) is 1. The number of guanidine groups is 1. The van der Waals surface area contributed by atoms with Gasteiger partial charge in [0.25, 0.3) is 0 Å². The number of nitrogens with one attached hydrogen (secondary N) is 1. The summed E-state index contributed by atoms with van der Waals surface area (Å²) in [5.74, 6) is 1.89. The number of benzene rings is 1. The second-order valence-corrected chi connectivity index (χ2v) is 6.74. The molecule has 0 radical (unpaired) electrons. The molecule has 1 aromatic carbocycles. The number of methoxy groups -OCH3 is 1. The van der Waals surface area contributed by atoms with Crippen LogP contribution in [0.4, 0.5) is 0 Å². The van der Waals surface area contributed by atoms with Crippen molar-refractivity contribution in [2.75, 3.05) is 47.4 Å². The maximum atomic E-state index is 5.30. The van der Waals surface area contributed by atoms with Crippen molar-refractivity contribution in [1.29, 1.82) is 0 Å². The Labute approximate surface area is 176 Å². The van der Waals surface area contributed by atoms with Crippen LogP contribution in [-0.2, 0) is 0 Å². The maximum Gasteiger partial charge on any atom is 0.193 e. The Kier molecular flexibility index (Phi) is 11.0. The molecule has 0 spiro atoms. The topological polar surface area (TPSA) is 40.1 Å². The van der Waals surface area contributed by atoms with Gasteiger partial charge in [-0.1, -0.05) is 25.5 Å². The first-order valence-electron chi connectivity index (χ1n) is 9.49. The van der Waals surface area contributed by atoms with Gasteiger partial charge in [-0.3, -0.25) is 9.89 Å². The minimum absolute atomic E-state index is 0. The van der Waals surface area contributed by atoms with Crippen molar-refractivity contribution < 1.29 is 4.74 Å². The molecule has 1 heterocycles. The van der Waals surface area contributed by atoms with Crippen LogP contribution < -0.4 is 10.1 Å². The third-order valence-corrected chi connectivity index (χ3v) is 4.96. The Hall–Kier alpha value is -1.02. The fraction of sp³-hybridized carbons (Fsp3) is 0.650. The van der Waals surface area contributed by atoms with E-state index in [0.29, 0.717) is 6.04 Å². The summed E-state index contributed by atoms with van der Waals surface area (Å²) >= 11 is 0. The highest BCUT2D eigenvalue weighted by Crippen LogP contribution is 2.26. The number of aliphatic imine (C=N–C) groups is 1. The number of hydrogen-bond acceptors (Lipinski definition) is 3. The van der Waals surface area contributed by atoms with E-state index in [1.807, 2.05) is 7.05 Å². The Morgan fingerprint density at radius 3 is 2.46 bits per heavy atom. The van der Waals surface area contributed by atoms with Crippen molar-refractivity contribution in [3.8, 4) is 5.75 Å². The smallest absolute Gasteiger partial charge is 0.193 e. The molecule has 148 valence electrons. The van der Waals surface area contributed by atoms with E-state index in [1.165, 1.54) is 44.3 Å². The number of likely N-dealkylation sites (tertiary alicyclic amines) is 1. The van der Waals surface area contributed by atoms with E-state index in [9.17, 15) is 0 Å². The molecule has 1 N–H and O–H groups in total. The van der Waals surface area contributed by atoms with Crippen LogP contribution in [0.25, 0.3) is 0 Å². The molecule has 1 aromatic rings. The molecule has 6 heteroatoms. The molecule has 5 nitrogen and oxygen atoms in total. The van der Waals surface area contributed by atoms with Crippen molar-refractivity contribution >= 4 is 29.9 Å². The van der Waals surface area contributed by atoms with Crippen LogP contribution in [0.2, 0.25) is 0 Å². The Balaban J connectivity index is 0.00000338. The van der Waals surface area contributed by atoms with E-state index in [1.54, 1.807) is 7.11 Å². The van der Waals surface area contributed by atoms with Crippen molar-refractivity contribution in [1.82, 2.24) is 15.1 Å². The molecule has 1 atom stereocenters. The fourth-order valence-electron chi connectivity index (χ4n) is 3.41. The van der Waals surface area contributed by atoms with Crippen LogP contribution >= 0.6 is 24.0 Å². The normalized spacial score (nSPS) is 16.1. The SMILES string of the molecule is CCCCN(C)C(=NC)NCC(c1ccc(OC)cc1)N1CCCC1.I. The molecule has 1 unspecified atom stereocenters. The molecule has 0 bridgehead atoms. The van der Waals surface area contributed by atoms with Gasteiger partial charge in [-0.25, -0.2) is 0 Å². The molecule has 0 saturated carbocycles. The molecule has 2 rings (SSSR count). The molecule has 1 fully saturated rings. The third kappa shape index (κ3) is 6.61. The summed E-state index contributed by atoms with van der Waals surface area (Å²) in [6.07, 6.45) is 4.96. The zero-order valence-electron chi connectivity index (χ0n) is 16.7. The van der Waals surface area contributed by atoms with Gasteiger partial charge in [0.15, 0.2) is 5.96 Å². The van der Waals surface area contributed by atoms with E-state index in [4.69, 9.17) is 4.74 Å². The molecule has 1 aliphatic heterocycles. The summed E-state index contributed by atoms with van der Waals surface area (Å²) in [5, 5.41) is 3.59. The summed E-state index contributed by atoms with van der Waals surface area (Å²) < 4.78 is 5.30. The highest BCUT2D eigenvalue weighted by atomic mass is 127. The lowest BCUT2D eigenvalue weighted by atomic mass is 10.1. The van der Waals surface area contributed by atoms with E-state index in [2.05, 4.69) is 58.3 Å². The van der Waals surface area contributed by atoms with E-state index < -0.39 is 0 Å². The number of hydrogen-bond donors (Lipinski definition) is 1. The third-order valence-electron chi connectivity index (χ3n) is 4.96. The standard InChI is InChI=1S/C20H34N4O.HI/c1-5-6-13-23(3)20(21-2)22-16-19(24-14-7-8-15-24)17-9-11-18(25-4)12-10-17;/h9-12,19H,5-8,13-16H2,1-4H3,(H,21,22);1H. The van der Waals surface area contributed by atoms with Gasteiger partial charge >= 0.3 is 0 Å². The zero-order valence-corrected chi connectivity index (χ0v) is 19.0. The van der Waals surface area contributed by atoms with Gasteiger partial charge in [0.1, 0.15) is 5.75 Å². The monoisotopic (exact) mass is 474 g/mol. The second-order valence-electron chi connectivity index (χ2n) is 6.74. The van der Waals surface area contributed by atoms with Crippen molar-refractivity contribution in [2.45, 2.75) is 38.6 Å². The lowest BCUT2D eigenvalue weighted by molar-refractivity contribution is 0.244. The highest BCUT2D eigenvalue weighted by Gasteiger charge is 2.24. The molecule has 1 aliphatic rings. The number of nitrogens with zero attached hydrogens (tertiary/aromatic N) is 3. The minimum Gasteiger partial charge on any atom is -0.497 e. The predicted molar refractivity (Wildman–Crippen MR) is 121 cm³/mol. The lowest BCUT2D eigenvalue weighted by Gasteiger charge is -2.30. The van der Waals surface area contributed by atoms with Gasteiger partial charge in [0, 0.05) is 27.2 Å². The molecule has 0 aromatic heterocycles. The molecule has 0 amide bonds.